The van der Waals surface area contributed by atoms with Crippen molar-refractivity contribution in [3.8, 4) is 0 Å². The Morgan fingerprint density at radius 3 is 2.87 bits per heavy atom. The molecule has 1 fully saturated rings. The Morgan fingerprint density at radius 2 is 2.40 bits per heavy atom. The fourth-order valence-corrected chi connectivity index (χ4v) is 2.96. The minimum absolute atomic E-state index is 0.365. The lowest BCUT2D eigenvalue weighted by Crippen LogP contribution is -2.25. The van der Waals surface area contributed by atoms with Crippen molar-refractivity contribution >= 4 is 22.4 Å². The van der Waals surface area contributed by atoms with Crippen LogP contribution in [0.15, 0.2) is 0 Å². The summed E-state index contributed by atoms with van der Waals surface area (Å²) in [6.07, 6.45) is 2.34. The normalized spacial score (nSPS) is 20.9. The van der Waals surface area contributed by atoms with Crippen molar-refractivity contribution in [2.24, 2.45) is 0 Å². The predicted molar refractivity (Wildman–Crippen MR) is 59.9 cm³/mol. The molecule has 0 saturated carbocycles. The molecular weight excluding hydrogens is 212 g/mol. The highest BCUT2D eigenvalue weighted by atomic mass is 32.1. The molecule has 4 nitrogen and oxygen atoms in total. The average molecular weight is 226 g/mol. The minimum atomic E-state index is -0.872. The van der Waals surface area contributed by atoms with Gasteiger partial charge in [0.25, 0.3) is 0 Å². The van der Waals surface area contributed by atoms with E-state index >= 15 is 0 Å². The number of carbonyl (C=O) groups is 1. The number of hydrogen-bond acceptors (Lipinski definition) is 4. The van der Waals surface area contributed by atoms with Gasteiger partial charge in [-0.25, -0.2) is 9.78 Å². The van der Waals surface area contributed by atoms with Crippen LogP contribution >= 0.6 is 11.3 Å². The monoisotopic (exact) mass is 226 g/mol. The van der Waals surface area contributed by atoms with Gasteiger partial charge in [-0.3, -0.25) is 0 Å². The summed E-state index contributed by atoms with van der Waals surface area (Å²) >= 11 is 1.28. The van der Waals surface area contributed by atoms with Crippen LogP contribution in [0.4, 0.5) is 5.13 Å². The molecule has 1 unspecified atom stereocenters. The minimum Gasteiger partial charge on any atom is -0.477 e. The number of anilines is 1. The zero-order valence-electron chi connectivity index (χ0n) is 8.86. The van der Waals surface area contributed by atoms with Crippen LogP contribution < -0.4 is 4.90 Å². The second kappa shape index (κ2) is 3.81. The molecule has 0 aromatic carbocycles. The van der Waals surface area contributed by atoms with Crippen LogP contribution in [-0.4, -0.2) is 28.6 Å². The van der Waals surface area contributed by atoms with Crippen LogP contribution in [0, 0.1) is 6.92 Å². The van der Waals surface area contributed by atoms with E-state index in [1.54, 1.807) is 6.92 Å². The number of nitrogens with zero attached hydrogens (tertiary/aromatic N) is 2. The summed E-state index contributed by atoms with van der Waals surface area (Å²) in [6, 6.07) is 0.484. The molecule has 1 atom stereocenters. The van der Waals surface area contributed by atoms with E-state index in [1.807, 2.05) is 0 Å². The molecule has 1 N–H and O–H groups in total. The van der Waals surface area contributed by atoms with Gasteiger partial charge in [0.15, 0.2) is 5.13 Å². The molecule has 2 heterocycles. The molecule has 1 saturated heterocycles. The summed E-state index contributed by atoms with van der Waals surface area (Å²) in [7, 11) is 0. The average Bonchev–Trinajstić information content (AvgIpc) is 2.71. The Balaban J connectivity index is 2.29. The molecular formula is C10H14N2O2S. The molecule has 0 spiro atoms. The van der Waals surface area contributed by atoms with Crippen LogP contribution in [-0.2, 0) is 0 Å². The van der Waals surface area contributed by atoms with Crippen molar-refractivity contribution in [3.05, 3.63) is 10.6 Å². The van der Waals surface area contributed by atoms with Gasteiger partial charge in [0, 0.05) is 12.6 Å². The van der Waals surface area contributed by atoms with Gasteiger partial charge in [-0.2, -0.15) is 0 Å². The second-order valence-electron chi connectivity index (χ2n) is 3.90. The van der Waals surface area contributed by atoms with Gasteiger partial charge < -0.3 is 10.0 Å². The quantitative estimate of drug-likeness (QED) is 0.839. The third kappa shape index (κ3) is 1.84. The van der Waals surface area contributed by atoms with Gasteiger partial charge >= 0.3 is 5.97 Å². The summed E-state index contributed by atoms with van der Waals surface area (Å²) in [6.45, 7) is 4.90. The molecule has 5 heteroatoms. The maximum absolute atomic E-state index is 10.9. The Morgan fingerprint density at radius 1 is 1.67 bits per heavy atom. The fraction of sp³-hybridized carbons (Fsp3) is 0.600. The Bertz CT molecular complexity index is 389. The molecule has 2 rings (SSSR count). The summed E-state index contributed by atoms with van der Waals surface area (Å²) < 4.78 is 0. The number of aromatic carboxylic acids is 1. The molecule has 82 valence electrons. The molecule has 15 heavy (non-hydrogen) atoms. The molecule has 1 aromatic heterocycles. The van der Waals surface area contributed by atoms with Gasteiger partial charge in [-0.1, -0.05) is 11.3 Å². The fourth-order valence-electron chi connectivity index (χ4n) is 1.92. The van der Waals surface area contributed by atoms with E-state index in [1.165, 1.54) is 24.2 Å². The van der Waals surface area contributed by atoms with E-state index < -0.39 is 5.97 Å². The van der Waals surface area contributed by atoms with Crippen molar-refractivity contribution in [1.29, 1.82) is 0 Å². The smallest absolute Gasteiger partial charge is 0.347 e. The molecule has 0 radical (unpaired) electrons. The van der Waals surface area contributed by atoms with E-state index in [-0.39, 0.29) is 0 Å². The van der Waals surface area contributed by atoms with E-state index in [9.17, 15) is 4.79 Å². The summed E-state index contributed by atoms with van der Waals surface area (Å²) in [5.74, 6) is -0.872. The molecule has 0 amide bonds. The lowest BCUT2D eigenvalue weighted by atomic mass is 10.2. The Hall–Kier alpha value is -1.10. The maximum Gasteiger partial charge on any atom is 0.347 e. The predicted octanol–water partition coefficient (Wildman–Crippen LogP) is 2.14. The van der Waals surface area contributed by atoms with Crippen molar-refractivity contribution < 1.29 is 9.90 Å². The largest absolute Gasteiger partial charge is 0.477 e. The highest BCUT2D eigenvalue weighted by molar-refractivity contribution is 7.17. The first kappa shape index (κ1) is 10.4. The maximum atomic E-state index is 10.9. The van der Waals surface area contributed by atoms with E-state index in [2.05, 4.69) is 16.8 Å². The van der Waals surface area contributed by atoms with Gasteiger partial charge in [-0.05, 0) is 26.7 Å². The summed E-state index contributed by atoms with van der Waals surface area (Å²) in [5, 5.41) is 9.80. The van der Waals surface area contributed by atoms with Crippen LogP contribution in [0.2, 0.25) is 0 Å². The van der Waals surface area contributed by atoms with Crippen molar-refractivity contribution in [2.75, 3.05) is 11.4 Å². The first-order valence-corrected chi connectivity index (χ1v) is 5.88. The molecule has 1 aromatic rings. The molecule has 1 aliphatic heterocycles. The molecule has 0 bridgehead atoms. The summed E-state index contributed by atoms with van der Waals surface area (Å²) in [4.78, 5) is 17.8. The van der Waals surface area contributed by atoms with Crippen molar-refractivity contribution in [3.63, 3.8) is 0 Å². The Kier molecular flexibility index (Phi) is 2.65. The number of rotatable bonds is 2. The second-order valence-corrected chi connectivity index (χ2v) is 4.88. The lowest BCUT2D eigenvalue weighted by Gasteiger charge is -2.19. The SMILES string of the molecule is Cc1nc(N2CCCC2C)sc1C(=O)O. The highest BCUT2D eigenvalue weighted by Crippen LogP contribution is 2.31. The van der Waals surface area contributed by atoms with E-state index in [4.69, 9.17) is 5.11 Å². The van der Waals surface area contributed by atoms with Crippen molar-refractivity contribution in [2.45, 2.75) is 32.7 Å². The number of carboxylic acids is 1. The third-order valence-electron chi connectivity index (χ3n) is 2.78. The molecule has 1 aliphatic rings. The number of thiazole rings is 1. The van der Waals surface area contributed by atoms with Crippen LogP contribution in [0.5, 0.6) is 0 Å². The van der Waals surface area contributed by atoms with Gasteiger partial charge in [0.05, 0.1) is 5.69 Å². The highest BCUT2D eigenvalue weighted by Gasteiger charge is 2.25. The van der Waals surface area contributed by atoms with Crippen LogP contribution in [0.25, 0.3) is 0 Å². The molecule has 0 aliphatic carbocycles. The lowest BCUT2D eigenvalue weighted by molar-refractivity contribution is 0.0701. The zero-order chi connectivity index (χ0) is 11.0. The standard InChI is InChI=1S/C10H14N2O2S/c1-6-4-3-5-12(6)10-11-7(2)8(15-10)9(13)14/h6H,3-5H2,1-2H3,(H,13,14). The topological polar surface area (TPSA) is 53.4 Å². The van der Waals surface area contributed by atoms with Gasteiger partial charge in [0.2, 0.25) is 0 Å². The van der Waals surface area contributed by atoms with Crippen LogP contribution in [0.3, 0.4) is 0 Å². The first-order valence-electron chi connectivity index (χ1n) is 5.07. The zero-order valence-corrected chi connectivity index (χ0v) is 9.67. The van der Waals surface area contributed by atoms with Crippen molar-refractivity contribution in [1.82, 2.24) is 4.98 Å². The third-order valence-corrected chi connectivity index (χ3v) is 3.96. The number of hydrogen-bond donors (Lipinski definition) is 1. The number of aromatic nitrogens is 1. The van der Waals surface area contributed by atoms with E-state index in [0.717, 1.165) is 11.7 Å². The first-order chi connectivity index (χ1) is 7.09. The summed E-state index contributed by atoms with van der Waals surface area (Å²) in [5.41, 5.74) is 0.626. The number of aryl methyl sites for hydroxylation is 1. The Labute approximate surface area is 92.6 Å². The van der Waals surface area contributed by atoms with Gasteiger partial charge in [0.1, 0.15) is 4.88 Å². The number of carboxylic acid groups (broad SMARTS) is 1. The van der Waals surface area contributed by atoms with E-state index in [0.29, 0.717) is 16.6 Å². The van der Waals surface area contributed by atoms with Crippen LogP contribution in [0.1, 0.15) is 35.1 Å². The van der Waals surface area contributed by atoms with Gasteiger partial charge in [-0.15, -0.1) is 0 Å².